The number of anilines is 1. The van der Waals surface area contributed by atoms with Crippen LogP contribution < -0.4 is 15.0 Å². The number of aromatic nitrogens is 2. The van der Waals surface area contributed by atoms with E-state index >= 15 is 0 Å². The van der Waals surface area contributed by atoms with Crippen molar-refractivity contribution in [2.24, 2.45) is 12.0 Å². The highest BCUT2D eigenvalue weighted by molar-refractivity contribution is 5.98. The highest BCUT2D eigenvalue weighted by Gasteiger charge is 2.29. The maximum atomic E-state index is 12.6. The number of piperazine rings is 1. The van der Waals surface area contributed by atoms with Crippen molar-refractivity contribution in [3.63, 3.8) is 0 Å². The molecule has 1 fully saturated rings. The summed E-state index contributed by atoms with van der Waals surface area (Å²) in [6.07, 6.45) is -0.955. The number of guanidine groups is 1. The summed E-state index contributed by atoms with van der Waals surface area (Å²) in [4.78, 5) is 20.3. The number of nitrogens with zero attached hydrogens (tertiary/aromatic N) is 5. The van der Waals surface area contributed by atoms with Crippen molar-refractivity contribution in [2.75, 3.05) is 38.2 Å². The Balaban J connectivity index is 1.56. The molecule has 0 radical (unpaired) electrons. The number of amides is 1. The highest BCUT2D eigenvalue weighted by atomic mass is 19.4. The molecule has 0 atom stereocenters. The van der Waals surface area contributed by atoms with E-state index in [1.807, 2.05) is 4.90 Å². The number of hydrogen-bond donors (Lipinski definition) is 1. The van der Waals surface area contributed by atoms with Gasteiger partial charge in [0.1, 0.15) is 12.3 Å². The van der Waals surface area contributed by atoms with Crippen molar-refractivity contribution < 1.29 is 22.7 Å². The zero-order valence-electron chi connectivity index (χ0n) is 16.7. The first-order chi connectivity index (χ1) is 14.2. The minimum absolute atomic E-state index is 0.0697. The Morgan fingerprint density at radius 3 is 2.77 bits per heavy atom. The molecule has 1 aromatic carbocycles. The van der Waals surface area contributed by atoms with Crippen LogP contribution in [-0.4, -0.2) is 66.0 Å². The second-order valence-electron chi connectivity index (χ2n) is 6.79. The molecule has 0 saturated carbocycles. The van der Waals surface area contributed by atoms with E-state index in [0.717, 1.165) is 11.3 Å². The van der Waals surface area contributed by atoms with Crippen LogP contribution in [0.3, 0.4) is 0 Å². The molecular formula is C19H23F3N6O2. The Hall–Kier alpha value is -3.24. The Kier molecular flexibility index (Phi) is 6.48. The van der Waals surface area contributed by atoms with Crippen LogP contribution >= 0.6 is 0 Å². The molecule has 2 heterocycles. The number of alkyl halides is 3. The number of ether oxygens (including phenoxy) is 1. The number of rotatable bonds is 5. The fourth-order valence-electron chi connectivity index (χ4n) is 3.10. The molecule has 1 amide bonds. The van der Waals surface area contributed by atoms with Crippen LogP contribution in [0.5, 0.6) is 5.75 Å². The van der Waals surface area contributed by atoms with Gasteiger partial charge < -0.3 is 19.9 Å². The third-order valence-corrected chi connectivity index (χ3v) is 4.49. The summed E-state index contributed by atoms with van der Waals surface area (Å²) in [6, 6.07) is 6.41. The van der Waals surface area contributed by atoms with E-state index in [0.29, 0.717) is 25.6 Å². The number of halogens is 3. The second kappa shape index (κ2) is 9.06. The standard InChI is InChI=1S/C19H23F3N6O2/c1-23-18(24-9-14-4-3-5-16(8-14)30-13-19(20,21)22)27-6-7-28(17(29)12-27)15-10-25-26(2)11-15/h3-5,8,10-11H,6-7,9,12-13H2,1-2H3,(H,23,24). The van der Waals surface area contributed by atoms with Crippen LogP contribution in [0.1, 0.15) is 5.56 Å². The first-order valence-electron chi connectivity index (χ1n) is 9.28. The lowest BCUT2D eigenvalue weighted by atomic mass is 10.2. The molecule has 1 saturated heterocycles. The van der Waals surface area contributed by atoms with Gasteiger partial charge in [-0.1, -0.05) is 12.1 Å². The zero-order chi connectivity index (χ0) is 21.7. The average Bonchev–Trinajstić information content (AvgIpc) is 3.13. The summed E-state index contributed by atoms with van der Waals surface area (Å²) in [6.45, 7) is 0.214. The molecule has 0 aliphatic carbocycles. The van der Waals surface area contributed by atoms with Crippen molar-refractivity contribution in [1.82, 2.24) is 20.0 Å². The molecule has 1 aromatic heterocycles. The number of carbonyl (C=O) groups excluding carboxylic acids is 1. The van der Waals surface area contributed by atoms with Gasteiger partial charge in [0.05, 0.1) is 11.9 Å². The summed E-state index contributed by atoms with van der Waals surface area (Å²) >= 11 is 0. The number of carbonyl (C=O) groups is 1. The first kappa shape index (κ1) is 21.5. The van der Waals surface area contributed by atoms with Gasteiger partial charge in [-0.2, -0.15) is 18.3 Å². The van der Waals surface area contributed by atoms with E-state index in [9.17, 15) is 18.0 Å². The Bertz CT molecular complexity index is 912. The molecule has 1 N–H and O–H groups in total. The van der Waals surface area contributed by atoms with E-state index in [-0.39, 0.29) is 18.2 Å². The van der Waals surface area contributed by atoms with Gasteiger partial charge in [-0.05, 0) is 17.7 Å². The van der Waals surface area contributed by atoms with Crippen LogP contribution in [0.2, 0.25) is 0 Å². The Morgan fingerprint density at radius 1 is 1.33 bits per heavy atom. The average molecular weight is 424 g/mol. The van der Waals surface area contributed by atoms with Crippen LogP contribution in [0, 0.1) is 0 Å². The number of aryl methyl sites for hydroxylation is 1. The number of hydrogen-bond acceptors (Lipinski definition) is 4. The van der Waals surface area contributed by atoms with Gasteiger partial charge in [0.15, 0.2) is 12.6 Å². The van der Waals surface area contributed by atoms with E-state index in [2.05, 4.69) is 15.4 Å². The summed E-state index contributed by atoms with van der Waals surface area (Å²) in [5.41, 5.74) is 1.48. The lowest BCUT2D eigenvalue weighted by Crippen LogP contribution is -2.55. The second-order valence-corrected chi connectivity index (χ2v) is 6.79. The number of benzene rings is 1. The molecule has 1 aliphatic rings. The van der Waals surface area contributed by atoms with Crippen molar-refractivity contribution in [3.8, 4) is 5.75 Å². The van der Waals surface area contributed by atoms with Gasteiger partial charge in [0, 0.05) is 39.9 Å². The molecule has 11 heteroatoms. The fourth-order valence-corrected chi connectivity index (χ4v) is 3.10. The van der Waals surface area contributed by atoms with Gasteiger partial charge in [-0.3, -0.25) is 14.5 Å². The van der Waals surface area contributed by atoms with Crippen LogP contribution in [0.15, 0.2) is 41.7 Å². The molecular weight excluding hydrogens is 401 g/mol. The molecule has 162 valence electrons. The molecule has 0 unspecified atom stereocenters. The summed E-state index contributed by atoms with van der Waals surface area (Å²) in [5, 5.41) is 7.24. The molecule has 1 aliphatic heterocycles. The normalized spacial score (nSPS) is 15.5. The predicted molar refractivity (Wildman–Crippen MR) is 105 cm³/mol. The SMILES string of the molecule is CN=C(NCc1cccc(OCC(F)(F)F)c1)N1CCN(c2cnn(C)c2)C(=O)C1. The van der Waals surface area contributed by atoms with Gasteiger partial charge in [0.2, 0.25) is 5.91 Å². The zero-order valence-corrected chi connectivity index (χ0v) is 16.7. The van der Waals surface area contributed by atoms with Gasteiger partial charge >= 0.3 is 6.18 Å². The van der Waals surface area contributed by atoms with Crippen molar-refractivity contribution in [3.05, 3.63) is 42.2 Å². The molecule has 3 rings (SSSR count). The maximum Gasteiger partial charge on any atom is 0.422 e. The lowest BCUT2D eigenvalue weighted by molar-refractivity contribution is -0.153. The van der Waals surface area contributed by atoms with Crippen molar-refractivity contribution in [1.29, 1.82) is 0 Å². The molecule has 8 nitrogen and oxygen atoms in total. The summed E-state index contributed by atoms with van der Waals surface area (Å²) < 4.78 is 43.4. The van der Waals surface area contributed by atoms with Gasteiger partial charge in [-0.25, -0.2) is 0 Å². The van der Waals surface area contributed by atoms with E-state index in [1.165, 1.54) is 12.1 Å². The third kappa shape index (κ3) is 5.65. The number of aliphatic imine (C=N–C) groups is 1. The monoisotopic (exact) mass is 424 g/mol. The van der Waals surface area contributed by atoms with Gasteiger partial charge in [0.25, 0.3) is 0 Å². The van der Waals surface area contributed by atoms with Crippen LogP contribution in [-0.2, 0) is 18.4 Å². The molecule has 30 heavy (non-hydrogen) atoms. The molecule has 0 bridgehead atoms. The van der Waals surface area contributed by atoms with Crippen LogP contribution in [0.25, 0.3) is 0 Å². The highest BCUT2D eigenvalue weighted by Crippen LogP contribution is 2.20. The topological polar surface area (TPSA) is 75.0 Å². The lowest BCUT2D eigenvalue weighted by Gasteiger charge is -2.35. The van der Waals surface area contributed by atoms with Crippen LogP contribution in [0.4, 0.5) is 18.9 Å². The smallest absolute Gasteiger partial charge is 0.422 e. The van der Waals surface area contributed by atoms with Crippen molar-refractivity contribution >= 4 is 17.6 Å². The minimum atomic E-state index is -4.39. The molecule has 2 aromatic rings. The summed E-state index contributed by atoms with van der Waals surface area (Å²) in [7, 11) is 3.41. The first-order valence-corrected chi connectivity index (χ1v) is 9.28. The predicted octanol–water partition coefficient (Wildman–Crippen LogP) is 1.79. The van der Waals surface area contributed by atoms with Gasteiger partial charge in [-0.15, -0.1) is 0 Å². The third-order valence-electron chi connectivity index (χ3n) is 4.49. The summed E-state index contributed by atoms with van der Waals surface area (Å²) in [5.74, 6) is 0.609. The van der Waals surface area contributed by atoms with E-state index in [4.69, 9.17) is 4.74 Å². The maximum absolute atomic E-state index is 12.6. The van der Waals surface area contributed by atoms with E-state index in [1.54, 1.807) is 48.2 Å². The minimum Gasteiger partial charge on any atom is -0.484 e. The Morgan fingerprint density at radius 2 is 2.13 bits per heavy atom. The Labute approximate surface area is 171 Å². The molecule has 0 spiro atoms. The largest absolute Gasteiger partial charge is 0.484 e. The quantitative estimate of drug-likeness (QED) is 0.585. The van der Waals surface area contributed by atoms with Crippen molar-refractivity contribution in [2.45, 2.75) is 12.7 Å². The fraction of sp³-hybridized carbons (Fsp3) is 0.421. The number of nitrogens with one attached hydrogen (secondary N) is 1. The van der Waals surface area contributed by atoms with E-state index < -0.39 is 12.8 Å².